The fraction of sp³-hybridized carbons (Fsp3) is 0.529. The molecule has 0 unspecified atom stereocenters. The van der Waals surface area contributed by atoms with E-state index in [-0.39, 0.29) is 17.8 Å². The minimum atomic E-state index is -0.260. The van der Waals surface area contributed by atoms with E-state index in [0.29, 0.717) is 17.5 Å². The monoisotopic (exact) mass is 363 g/mol. The maximum Gasteiger partial charge on any atom is 0.233 e. The number of carbonyl (C=O) groups excluding carboxylic acids is 1. The summed E-state index contributed by atoms with van der Waals surface area (Å²) in [6.07, 6.45) is 5.59. The second-order valence-electron chi connectivity index (χ2n) is 6.31. The predicted molar refractivity (Wildman–Crippen MR) is 93.3 cm³/mol. The summed E-state index contributed by atoms with van der Waals surface area (Å²) >= 11 is 1.34. The molecule has 8 heteroatoms. The van der Waals surface area contributed by atoms with Crippen LogP contribution in [0.15, 0.2) is 29.4 Å². The van der Waals surface area contributed by atoms with Crippen molar-refractivity contribution >= 4 is 17.7 Å². The van der Waals surface area contributed by atoms with Gasteiger partial charge in [0.2, 0.25) is 11.1 Å². The van der Waals surface area contributed by atoms with Crippen molar-refractivity contribution in [1.82, 2.24) is 25.1 Å². The maximum absolute atomic E-state index is 13.1. The predicted octanol–water partition coefficient (Wildman–Crippen LogP) is 2.80. The van der Waals surface area contributed by atoms with Crippen molar-refractivity contribution in [3.63, 3.8) is 0 Å². The van der Waals surface area contributed by atoms with Crippen molar-refractivity contribution in [3.05, 3.63) is 35.6 Å². The zero-order valence-corrected chi connectivity index (χ0v) is 15.1. The lowest BCUT2D eigenvalue weighted by Crippen LogP contribution is -2.42. The lowest BCUT2D eigenvalue weighted by atomic mass is 9.94. The zero-order chi connectivity index (χ0) is 17.6. The molecule has 1 aliphatic carbocycles. The van der Waals surface area contributed by atoms with Crippen LogP contribution >= 0.6 is 11.8 Å². The third-order valence-corrected chi connectivity index (χ3v) is 5.50. The Kier molecular flexibility index (Phi) is 6.01. The van der Waals surface area contributed by atoms with E-state index in [4.69, 9.17) is 0 Å². The van der Waals surface area contributed by atoms with Crippen LogP contribution < -0.4 is 0 Å². The molecule has 25 heavy (non-hydrogen) atoms. The van der Waals surface area contributed by atoms with Gasteiger partial charge in [0.25, 0.3) is 0 Å². The topological polar surface area (TPSA) is 63.9 Å². The molecule has 1 aliphatic rings. The van der Waals surface area contributed by atoms with E-state index in [0.717, 1.165) is 31.2 Å². The van der Waals surface area contributed by atoms with Crippen molar-refractivity contribution in [2.45, 2.75) is 49.8 Å². The number of rotatable bonds is 6. The highest BCUT2D eigenvalue weighted by Gasteiger charge is 2.26. The SMILES string of the molecule is Cn1nnnc1SCC(=O)N(Cc1ccc(F)cc1)C1CCCCC1. The minimum Gasteiger partial charge on any atom is -0.335 e. The van der Waals surface area contributed by atoms with Gasteiger partial charge in [-0.15, -0.1) is 5.10 Å². The molecule has 1 heterocycles. The highest BCUT2D eigenvalue weighted by Crippen LogP contribution is 2.25. The van der Waals surface area contributed by atoms with Crippen molar-refractivity contribution in [1.29, 1.82) is 0 Å². The summed E-state index contributed by atoms with van der Waals surface area (Å²) in [5, 5.41) is 11.9. The van der Waals surface area contributed by atoms with Crippen LogP contribution in [0.5, 0.6) is 0 Å². The molecule has 0 aliphatic heterocycles. The molecule has 0 bridgehead atoms. The summed E-state index contributed by atoms with van der Waals surface area (Å²) < 4.78 is 14.7. The van der Waals surface area contributed by atoms with Gasteiger partial charge in [0.15, 0.2) is 0 Å². The minimum absolute atomic E-state index is 0.0734. The van der Waals surface area contributed by atoms with E-state index in [1.54, 1.807) is 23.9 Å². The molecule has 1 amide bonds. The third kappa shape index (κ3) is 4.78. The second-order valence-corrected chi connectivity index (χ2v) is 7.26. The number of thioether (sulfide) groups is 1. The molecule has 0 spiro atoms. The molecule has 6 nitrogen and oxygen atoms in total. The Balaban J connectivity index is 1.69. The fourth-order valence-electron chi connectivity index (χ4n) is 3.15. The summed E-state index contributed by atoms with van der Waals surface area (Å²) in [6.45, 7) is 0.515. The molecule has 0 radical (unpaired) electrons. The van der Waals surface area contributed by atoms with Crippen LogP contribution in [-0.2, 0) is 18.4 Å². The quantitative estimate of drug-likeness (QED) is 0.739. The van der Waals surface area contributed by atoms with E-state index in [2.05, 4.69) is 15.5 Å². The Morgan fingerprint density at radius 3 is 2.64 bits per heavy atom. The molecule has 1 saturated carbocycles. The van der Waals surface area contributed by atoms with E-state index in [1.807, 2.05) is 4.90 Å². The zero-order valence-electron chi connectivity index (χ0n) is 14.3. The van der Waals surface area contributed by atoms with Gasteiger partial charge >= 0.3 is 0 Å². The Bertz CT molecular complexity index is 699. The molecule has 2 aromatic rings. The third-order valence-electron chi connectivity index (χ3n) is 4.51. The number of tetrazole rings is 1. The van der Waals surface area contributed by atoms with Gasteiger partial charge in [-0.3, -0.25) is 4.79 Å². The second kappa shape index (κ2) is 8.42. The van der Waals surface area contributed by atoms with Crippen LogP contribution in [0.2, 0.25) is 0 Å². The smallest absolute Gasteiger partial charge is 0.233 e. The van der Waals surface area contributed by atoms with Gasteiger partial charge in [0.1, 0.15) is 5.82 Å². The largest absolute Gasteiger partial charge is 0.335 e. The van der Waals surface area contributed by atoms with Gasteiger partial charge in [-0.2, -0.15) is 0 Å². The molecule has 0 atom stereocenters. The summed E-state index contributed by atoms with van der Waals surface area (Å²) in [4.78, 5) is 14.8. The number of hydrogen-bond acceptors (Lipinski definition) is 5. The van der Waals surface area contributed by atoms with Gasteiger partial charge in [-0.25, -0.2) is 9.07 Å². The molecule has 1 aromatic heterocycles. The number of aryl methyl sites for hydroxylation is 1. The fourth-order valence-corrected chi connectivity index (χ4v) is 3.89. The van der Waals surface area contributed by atoms with Crippen LogP contribution in [-0.4, -0.2) is 42.8 Å². The molecule has 0 saturated heterocycles. The Morgan fingerprint density at radius 1 is 1.28 bits per heavy atom. The van der Waals surface area contributed by atoms with E-state index < -0.39 is 0 Å². The highest BCUT2D eigenvalue weighted by molar-refractivity contribution is 7.99. The number of benzene rings is 1. The Labute approximate surface area is 150 Å². The van der Waals surface area contributed by atoms with Gasteiger partial charge in [-0.1, -0.05) is 43.2 Å². The summed E-state index contributed by atoms with van der Waals surface area (Å²) in [5.74, 6) is 0.111. The first kappa shape index (κ1) is 17.8. The van der Waals surface area contributed by atoms with Gasteiger partial charge in [-0.05, 0) is 41.0 Å². The van der Waals surface area contributed by atoms with E-state index in [1.165, 1.54) is 30.3 Å². The average Bonchev–Trinajstić information content (AvgIpc) is 3.05. The van der Waals surface area contributed by atoms with E-state index >= 15 is 0 Å². The average molecular weight is 363 g/mol. The number of hydrogen-bond donors (Lipinski definition) is 0. The number of amides is 1. The number of halogens is 1. The van der Waals surface area contributed by atoms with Crippen LogP contribution in [0.1, 0.15) is 37.7 Å². The molecular formula is C17H22FN5OS. The summed E-state index contributed by atoms with van der Waals surface area (Å²) in [7, 11) is 1.75. The molecule has 1 aromatic carbocycles. The normalized spacial score (nSPS) is 15.3. The molecule has 134 valence electrons. The molecule has 3 rings (SSSR count). The van der Waals surface area contributed by atoms with Crippen molar-refractivity contribution in [3.8, 4) is 0 Å². The van der Waals surface area contributed by atoms with Crippen molar-refractivity contribution < 1.29 is 9.18 Å². The first-order chi connectivity index (χ1) is 12.1. The van der Waals surface area contributed by atoms with Gasteiger partial charge < -0.3 is 4.90 Å². The summed E-state index contributed by atoms with van der Waals surface area (Å²) in [6, 6.07) is 6.64. The van der Waals surface area contributed by atoms with Crippen molar-refractivity contribution in [2.24, 2.45) is 7.05 Å². The summed E-state index contributed by atoms with van der Waals surface area (Å²) in [5.41, 5.74) is 0.950. The Morgan fingerprint density at radius 2 is 2.00 bits per heavy atom. The first-order valence-corrected chi connectivity index (χ1v) is 9.51. The molecular weight excluding hydrogens is 341 g/mol. The molecule has 1 fully saturated rings. The number of carbonyl (C=O) groups is 1. The standard InChI is InChI=1S/C17H22FN5OS/c1-22-17(19-20-21-22)25-12-16(24)23(15-5-3-2-4-6-15)11-13-7-9-14(18)10-8-13/h7-10,15H,2-6,11-12H2,1H3. The first-order valence-electron chi connectivity index (χ1n) is 8.52. The van der Waals surface area contributed by atoms with Crippen LogP contribution in [0.4, 0.5) is 4.39 Å². The lowest BCUT2D eigenvalue weighted by Gasteiger charge is -2.34. The number of nitrogens with zero attached hydrogens (tertiary/aromatic N) is 5. The lowest BCUT2D eigenvalue weighted by molar-refractivity contribution is -0.132. The van der Waals surface area contributed by atoms with Crippen molar-refractivity contribution in [2.75, 3.05) is 5.75 Å². The van der Waals surface area contributed by atoms with Crippen LogP contribution in [0.3, 0.4) is 0 Å². The van der Waals surface area contributed by atoms with E-state index in [9.17, 15) is 9.18 Å². The maximum atomic E-state index is 13.1. The van der Waals surface area contributed by atoms with Gasteiger partial charge in [0.05, 0.1) is 5.75 Å². The van der Waals surface area contributed by atoms with Crippen LogP contribution in [0.25, 0.3) is 0 Å². The molecule has 0 N–H and O–H groups in total. The number of aromatic nitrogens is 4. The van der Waals surface area contributed by atoms with Gasteiger partial charge in [0, 0.05) is 19.6 Å². The Hall–Kier alpha value is -1.96. The highest BCUT2D eigenvalue weighted by atomic mass is 32.2. The van der Waals surface area contributed by atoms with Crippen LogP contribution in [0, 0.1) is 5.82 Å².